The fourth-order valence-electron chi connectivity index (χ4n) is 1.89. The Morgan fingerprint density at radius 3 is 2.32 bits per heavy atom. The highest BCUT2D eigenvalue weighted by molar-refractivity contribution is 7.89. The normalized spacial score (nSPS) is 11.2. The van der Waals surface area contributed by atoms with E-state index in [9.17, 15) is 13.2 Å². The van der Waals surface area contributed by atoms with Crippen molar-refractivity contribution in [3.8, 4) is 0 Å². The van der Waals surface area contributed by atoms with E-state index in [2.05, 4.69) is 10.3 Å². The average molecular weight is 318 g/mol. The molecule has 0 atom stereocenters. The van der Waals surface area contributed by atoms with E-state index in [1.54, 1.807) is 24.3 Å². The first-order valence-corrected chi connectivity index (χ1v) is 8.28. The molecule has 0 fully saturated rings. The Bertz CT molecular complexity index is 771. The van der Waals surface area contributed by atoms with Crippen molar-refractivity contribution < 1.29 is 13.2 Å². The molecule has 1 amide bonds. The molecule has 0 radical (unpaired) electrons. The third kappa shape index (κ3) is 4.16. The van der Waals surface area contributed by atoms with E-state index in [0.29, 0.717) is 0 Å². The summed E-state index contributed by atoms with van der Waals surface area (Å²) in [6, 6.07) is 13.9. The van der Waals surface area contributed by atoms with Gasteiger partial charge in [-0.05, 0) is 42.7 Å². The lowest BCUT2D eigenvalue weighted by atomic mass is 10.1. The van der Waals surface area contributed by atoms with Gasteiger partial charge < -0.3 is 0 Å². The summed E-state index contributed by atoms with van der Waals surface area (Å²) in [6.45, 7) is 3.74. The van der Waals surface area contributed by atoms with Gasteiger partial charge in [0.25, 0.3) is 10.0 Å². The van der Waals surface area contributed by atoms with Gasteiger partial charge in [0, 0.05) is 0 Å². The molecule has 0 unspecified atom stereocenters. The number of amides is 1. The van der Waals surface area contributed by atoms with Crippen LogP contribution in [0.1, 0.15) is 16.7 Å². The van der Waals surface area contributed by atoms with Crippen LogP contribution >= 0.6 is 0 Å². The monoisotopic (exact) mass is 318 g/mol. The van der Waals surface area contributed by atoms with Gasteiger partial charge in [-0.2, -0.15) is 0 Å². The molecular formula is C16H18N2O3S. The molecule has 5 nitrogen and oxygen atoms in total. The molecule has 0 heterocycles. The highest BCUT2D eigenvalue weighted by Gasteiger charge is 2.15. The van der Waals surface area contributed by atoms with E-state index in [0.717, 1.165) is 16.7 Å². The molecule has 2 N–H and O–H groups in total. The zero-order valence-corrected chi connectivity index (χ0v) is 13.3. The molecule has 0 aliphatic heterocycles. The van der Waals surface area contributed by atoms with E-state index in [-0.39, 0.29) is 11.3 Å². The second kappa shape index (κ2) is 6.72. The standard InChI is InChI=1S/C16H18N2O3S/c1-12-8-9-15(10-13(12)2)22(20,21)18-17-16(19)11-14-6-4-3-5-7-14/h3-10,18H,11H2,1-2H3,(H,17,19). The average Bonchev–Trinajstić information content (AvgIpc) is 2.49. The van der Waals surface area contributed by atoms with Crippen molar-refractivity contribution in [2.45, 2.75) is 25.2 Å². The van der Waals surface area contributed by atoms with Gasteiger partial charge in [-0.3, -0.25) is 10.2 Å². The quantitative estimate of drug-likeness (QED) is 0.826. The Kier molecular flexibility index (Phi) is 4.95. The van der Waals surface area contributed by atoms with Crippen molar-refractivity contribution in [3.05, 3.63) is 65.2 Å². The number of aryl methyl sites for hydroxylation is 2. The Labute approximate surface area is 130 Å². The zero-order valence-electron chi connectivity index (χ0n) is 12.5. The van der Waals surface area contributed by atoms with Crippen LogP contribution in [0.2, 0.25) is 0 Å². The Hall–Kier alpha value is -2.18. The maximum absolute atomic E-state index is 12.1. The molecule has 0 aromatic heterocycles. The summed E-state index contributed by atoms with van der Waals surface area (Å²) >= 11 is 0. The summed E-state index contributed by atoms with van der Waals surface area (Å²) in [5.74, 6) is -0.418. The van der Waals surface area contributed by atoms with E-state index >= 15 is 0 Å². The third-order valence-electron chi connectivity index (χ3n) is 3.32. The van der Waals surface area contributed by atoms with Crippen molar-refractivity contribution in [3.63, 3.8) is 0 Å². The topological polar surface area (TPSA) is 75.3 Å². The molecule has 0 aliphatic carbocycles. The lowest BCUT2D eigenvalue weighted by molar-refractivity contribution is -0.120. The summed E-state index contributed by atoms with van der Waals surface area (Å²) in [5.41, 5.74) is 4.92. The van der Waals surface area contributed by atoms with Crippen LogP contribution < -0.4 is 10.3 Å². The number of rotatable bonds is 5. The summed E-state index contributed by atoms with van der Waals surface area (Å²) in [5, 5.41) is 0. The lowest BCUT2D eigenvalue weighted by Gasteiger charge is -2.10. The van der Waals surface area contributed by atoms with Crippen LogP contribution in [0.25, 0.3) is 0 Å². The van der Waals surface area contributed by atoms with Gasteiger partial charge in [0.1, 0.15) is 0 Å². The van der Waals surface area contributed by atoms with Crippen LogP contribution in [0.5, 0.6) is 0 Å². The van der Waals surface area contributed by atoms with Crippen LogP contribution in [0.3, 0.4) is 0 Å². The number of hydrogen-bond donors (Lipinski definition) is 2. The lowest BCUT2D eigenvalue weighted by Crippen LogP contribution is -2.42. The second-order valence-corrected chi connectivity index (χ2v) is 6.74. The minimum Gasteiger partial charge on any atom is -0.277 e. The predicted molar refractivity (Wildman–Crippen MR) is 84.5 cm³/mol. The maximum Gasteiger partial charge on any atom is 0.257 e. The van der Waals surface area contributed by atoms with Crippen LogP contribution in [0, 0.1) is 13.8 Å². The summed E-state index contributed by atoms with van der Waals surface area (Å²) < 4.78 is 24.3. The minimum atomic E-state index is -3.77. The molecule has 2 aromatic rings. The Balaban J connectivity index is 2.00. The second-order valence-electron chi connectivity index (χ2n) is 5.06. The predicted octanol–water partition coefficient (Wildman–Crippen LogP) is 1.86. The fraction of sp³-hybridized carbons (Fsp3) is 0.188. The van der Waals surface area contributed by atoms with Crippen LogP contribution in [-0.4, -0.2) is 14.3 Å². The number of hydrogen-bond acceptors (Lipinski definition) is 3. The zero-order chi connectivity index (χ0) is 16.2. The van der Waals surface area contributed by atoms with Crippen molar-refractivity contribution in [2.24, 2.45) is 0 Å². The maximum atomic E-state index is 12.1. The molecule has 0 spiro atoms. The van der Waals surface area contributed by atoms with Crippen molar-refractivity contribution in [1.29, 1.82) is 0 Å². The first kappa shape index (κ1) is 16.2. The molecule has 116 valence electrons. The first-order valence-electron chi connectivity index (χ1n) is 6.80. The highest BCUT2D eigenvalue weighted by Crippen LogP contribution is 2.14. The summed E-state index contributed by atoms with van der Waals surface area (Å²) in [7, 11) is -3.77. The fourth-order valence-corrected chi connectivity index (χ4v) is 2.83. The number of hydrazine groups is 1. The largest absolute Gasteiger partial charge is 0.277 e. The van der Waals surface area contributed by atoms with Gasteiger partial charge in [0.05, 0.1) is 11.3 Å². The number of nitrogens with one attached hydrogen (secondary N) is 2. The Morgan fingerprint density at radius 1 is 1.00 bits per heavy atom. The van der Waals surface area contributed by atoms with Gasteiger partial charge in [-0.1, -0.05) is 36.4 Å². The van der Waals surface area contributed by atoms with E-state index in [1.165, 1.54) is 6.07 Å². The molecular weight excluding hydrogens is 300 g/mol. The van der Waals surface area contributed by atoms with E-state index in [4.69, 9.17) is 0 Å². The molecule has 0 saturated heterocycles. The molecule has 2 aromatic carbocycles. The third-order valence-corrected chi connectivity index (χ3v) is 4.57. The molecule has 2 rings (SSSR count). The molecule has 0 saturated carbocycles. The molecule has 6 heteroatoms. The van der Waals surface area contributed by atoms with Crippen LogP contribution in [-0.2, 0) is 21.2 Å². The van der Waals surface area contributed by atoms with E-state index in [1.807, 2.05) is 32.0 Å². The van der Waals surface area contributed by atoms with Gasteiger partial charge in [-0.15, -0.1) is 4.83 Å². The smallest absolute Gasteiger partial charge is 0.257 e. The van der Waals surface area contributed by atoms with Crippen LogP contribution in [0.4, 0.5) is 0 Å². The first-order chi connectivity index (χ1) is 10.4. The number of benzene rings is 2. The number of carbonyl (C=O) groups is 1. The number of carbonyl (C=O) groups excluding carboxylic acids is 1. The Morgan fingerprint density at radius 2 is 1.68 bits per heavy atom. The minimum absolute atomic E-state index is 0.107. The van der Waals surface area contributed by atoms with Crippen molar-refractivity contribution >= 4 is 15.9 Å². The molecule has 0 bridgehead atoms. The SMILES string of the molecule is Cc1ccc(S(=O)(=O)NNC(=O)Cc2ccccc2)cc1C. The summed E-state index contributed by atoms with van der Waals surface area (Å²) in [6.07, 6.45) is 0.107. The van der Waals surface area contributed by atoms with Gasteiger partial charge in [-0.25, -0.2) is 8.42 Å². The van der Waals surface area contributed by atoms with Gasteiger partial charge in [0.2, 0.25) is 5.91 Å². The van der Waals surface area contributed by atoms with E-state index < -0.39 is 15.9 Å². The molecule has 0 aliphatic rings. The van der Waals surface area contributed by atoms with Crippen LogP contribution in [0.15, 0.2) is 53.4 Å². The van der Waals surface area contributed by atoms with Crippen molar-refractivity contribution in [1.82, 2.24) is 10.3 Å². The van der Waals surface area contributed by atoms with Crippen molar-refractivity contribution in [2.75, 3.05) is 0 Å². The van der Waals surface area contributed by atoms with Gasteiger partial charge in [0.15, 0.2) is 0 Å². The number of sulfonamides is 1. The van der Waals surface area contributed by atoms with Gasteiger partial charge >= 0.3 is 0 Å². The summed E-state index contributed by atoms with van der Waals surface area (Å²) in [4.78, 5) is 14.0. The highest BCUT2D eigenvalue weighted by atomic mass is 32.2. The molecule has 22 heavy (non-hydrogen) atoms.